The number of ether oxygens (including phenoxy) is 1. The van der Waals surface area contributed by atoms with Gasteiger partial charge in [-0.2, -0.15) is 0 Å². The van der Waals surface area contributed by atoms with Crippen LogP contribution >= 0.6 is 0 Å². The van der Waals surface area contributed by atoms with Crippen molar-refractivity contribution in [3.63, 3.8) is 0 Å². The first-order valence-corrected chi connectivity index (χ1v) is 6.23. The average molecular weight is 234 g/mol. The Morgan fingerprint density at radius 2 is 2.00 bits per heavy atom. The topological polar surface area (TPSA) is 38.5 Å². The van der Waals surface area contributed by atoms with E-state index in [0.29, 0.717) is 6.54 Å². The third-order valence-electron chi connectivity index (χ3n) is 3.67. The number of nitrogens with two attached hydrogens (primary N) is 1. The summed E-state index contributed by atoms with van der Waals surface area (Å²) in [5, 5.41) is 0. The van der Waals surface area contributed by atoms with Crippen LogP contribution in [0.15, 0.2) is 18.2 Å². The first-order chi connectivity index (χ1) is 8.15. The fraction of sp³-hybridized carbons (Fsp3) is 0.571. The van der Waals surface area contributed by atoms with Gasteiger partial charge in [0.25, 0.3) is 0 Å². The zero-order chi connectivity index (χ0) is 12.4. The monoisotopic (exact) mass is 234 g/mol. The second-order valence-electron chi connectivity index (χ2n) is 4.88. The summed E-state index contributed by atoms with van der Waals surface area (Å²) in [6, 6.07) is 6.72. The Bertz CT molecular complexity index is 372. The maximum atomic E-state index is 5.84. The van der Waals surface area contributed by atoms with E-state index in [-0.39, 0.29) is 12.1 Å². The van der Waals surface area contributed by atoms with Crippen molar-refractivity contribution < 1.29 is 4.74 Å². The Balaban J connectivity index is 2.41. The Kier molecular flexibility index (Phi) is 3.82. The lowest BCUT2D eigenvalue weighted by Gasteiger charge is -2.40. The number of aryl methyl sites for hydroxylation is 2. The van der Waals surface area contributed by atoms with Crippen LogP contribution in [0, 0.1) is 13.8 Å². The first-order valence-electron chi connectivity index (χ1n) is 6.23. The summed E-state index contributed by atoms with van der Waals surface area (Å²) in [4.78, 5) is 2.36. The maximum absolute atomic E-state index is 5.84. The van der Waals surface area contributed by atoms with E-state index < -0.39 is 0 Å². The third kappa shape index (κ3) is 2.37. The van der Waals surface area contributed by atoms with Gasteiger partial charge in [-0.1, -0.05) is 18.2 Å². The molecule has 0 aliphatic carbocycles. The van der Waals surface area contributed by atoms with Gasteiger partial charge in [-0.15, -0.1) is 0 Å². The number of likely N-dealkylation sites (N-methyl/N-ethyl adjacent to an activating group) is 1. The third-order valence-corrected chi connectivity index (χ3v) is 3.67. The van der Waals surface area contributed by atoms with Gasteiger partial charge in [0.15, 0.2) is 0 Å². The summed E-state index contributed by atoms with van der Waals surface area (Å²) in [5.41, 5.74) is 9.87. The number of hydrogen-bond acceptors (Lipinski definition) is 3. The molecule has 2 atom stereocenters. The molecule has 1 fully saturated rings. The van der Waals surface area contributed by atoms with Crippen molar-refractivity contribution in [3.8, 4) is 0 Å². The van der Waals surface area contributed by atoms with E-state index in [1.54, 1.807) is 0 Å². The zero-order valence-electron chi connectivity index (χ0n) is 10.9. The maximum Gasteiger partial charge on any atom is 0.0894 e. The molecule has 2 unspecified atom stereocenters. The SMILES string of the molecule is Cc1cccc(C)c1C1C(CN)OCCN1C. The van der Waals surface area contributed by atoms with Gasteiger partial charge in [-0.05, 0) is 37.6 Å². The molecule has 0 aromatic heterocycles. The molecule has 17 heavy (non-hydrogen) atoms. The van der Waals surface area contributed by atoms with E-state index in [0.717, 1.165) is 13.2 Å². The highest BCUT2D eigenvalue weighted by Crippen LogP contribution is 2.32. The summed E-state index contributed by atoms with van der Waals surface area (Å²) in [7, 11) is 2.15. The van der Waals surface area contributed by atoms with Gasteiger partial charge >= 0.3 is 0 Å². The molecule has 3 nitrogen and oxygen atoms in total. The average Bonchev–Trinajstić information content (AvgIpc) is 2.30. The molecule has 0 spiro atoms. The van der Waals surface area contributed by atoms with Crippen molar-refractivity contribution in [3.05, 3.63) is 34.9 Å². The van der Waals surface area contributed by atoms with Gasteiger partial charge in [0, 0.05) is 13.1 Å². The Labute approximate surface area is 104 Å². The van der Waals surface area contributed by atoms with Crippen LogP contribution < -0.4 is 5.73 Å². The fourth-order valence-corrected chi connectivity index (χ4v) is 2.76. The predicted octanol–water partition coefficient (Wildman–Crippen LogP) is 1.63. The highest BCUT2D eigenvalue weighted by molar-refractivity contribution is 5.37. The number of hydrogen-bond donors (Lipinski definition) is 1. The predicted molar refractivity (Wildman–Crippen MR) is 70.1 cm³/mol. The summed E-state index contributed by atoms with van der Waals surface area (Å²) in [5.74, 6) is 0. The lowest BCUT2D eigenvalue weighted by atomic mass is 9.91. The van der Waals surface area contributed by atoms with E-state index in [2.05, 4.69) is 44.0 Å². The van der Waals surface area contributed by atoms with E-state index in [1.807, 2.05) is 0 Å². The fourth-order valence-electron chi connectivity index (χ4n) is 2.76. The summed E-state index contributed by atoms with van der Waals surface area (Å²) < 4.78 is 5.81. The van der Waals surface area contributed by atoms with E-state index >= 15 is 0 Å². The smallest absolute Gasteiger partial charge is 0.0894 e. The molecule has 2 N–H and O–H groups in total. The van der Waals surface area contributed by atoms with Crippen molar-refractivity contribution in [1.29, 1.82) is 0 Å². The van der Waals surface area contributed by atoms with Gasteiger partial charge < -0.3 is 10.5 Å². The molecule has 0 radical (unpaired) electrons. The molecule has 0 bridgehead atoms. The van der Waals surface area contributed by atoms with Crippen molar-refractivity contribution in [2.75, 3.05) is 26.7 Å². The Morgan fingerprint density at radius 1 is 1.35 bits per heavy atom. The molecule has 3 heteroatoms. The van der Waals surface area contributed by atoms with Crippen LogP contribution in [0.3, 0.4) is 0 Å². The lowest BCUT2D eigenvalue weighted by Crippen LogP contribution is -2.46. The van der Waals surface area contributed by atoms with Crippen LogP contribution in [0.2, 0.25) is 0 Å². The molecule has 0 amide bonds. The molecule has 1 aliphatic rings. The van der Waals surface area contributed by atoms with Gasteiger partial charge in [-0.25, -0.2) is 0 Å². The van der Waals surface area contributed by atoms with Crippen LogP contribution in [-0.2, 0) is 4.74 Å². The van der Waals surface area contributed by atoms with E-state index in [9.17, 15) is 0 Å². The van der Waals surface area contributed by atoms with Gasteiger partial charge in [-0.3, -0.25) is 4.90 Å². The number of benzene rings is 1. The minimum atomic E-state index is 0.105. The Morgan fingerprint density at radius 3 is 2.59 bits per heavy atom. The molecule has 94 valence electrons. The molecular weight excluding hydrogens is 212 g/mol. The zero-order valence-corrected chi connectivity index (χ0v) is 10.9. The summed E-state index contributed by atoms with van der Waals surface area (Å²) in [6.45, 7) is 6.65. The van der Waals surface area contributed by atoms with Gasteiger partial charge in [0.1, 0.15) is 0 Å². The quantitative estimate of drug-likeness (QED) is 0.845. The highest BCUT2D eigenvalue weighted by Gasteiger charge is 2.32. The second-order valence-corrected chi connectivity index (χ2v) is 4.88. The normalized spacial score (nSPS) is 26.1. The molecule has 1 aromatic rings. The molecule has 1 aromatic carbocycles. The summed E-state index contributed by atoms with van der Waals surface area (Å²) in [6.07, 6.45) is 0.105. The molecular formula is C14H22N2O. The minimum absolute atomic E-state index is 0.105. The van der Waals surface area contributed by atoms with Crippen LogP contribution in [0.25, 0.3) is 0 Å². The van der Waals surface area contributed by atoms with Crippen LogP contribution in [0.4, 0.5) is 0 Å². The number of morpholine rings is 1. The molecule has 1 aliphatic heterocycles. The van der Waals surface area contributed by atoms with Crippen LogP contribution in [0.1, 0.15) is 22.7 Å². The van der Waals surface area contributed by atoms with E-state index in [4.69, 9.17) is 10.5 Å². The van der Waals surface area contributed by atoms with Crippen molar-refractivity contribution in [2.45, 2.75) is 26.0 Å². The van der Waals surface area contributed by atoms with Crippen molar-refractivity contribution >= 4 is 0 Å². The number of nitrogens with zero attached hydrogens (tertiary/aromatic N) is 1. The largest absolute Gasteiger partial charge is 0.374 e. The van der Waals surface area contributed by atoms with Crippen LogP contribution in [-0.4, -0.2) is 37.7 Å². The minimum Gasteiger partial charge on any atom is -0.374 e. The van der Waals surface area contributed by atoms with Crippen LogP contribution in [0.5, 0.6) is 0 Å². The first kappa shape index (κ1) is 12.6. The summed E-state index contributed by atoms with van der Waals surface area (Å²) >= 11 is 0. The lowest BCUT2D eigenvalue weighted by molar-refractivity contribution is -0.0580. The molecule has 1 saturated heterocycles. The number of rotatable bonds is 2. The van der Waals surface area contributed by atoms with Crippen molar-refractivity contribution in [1.82, 2.24) is 4.90 Å². The van der Waals surface area contributed by atoms with Gasteiger partial charge in [0.05, 0.1) is 18.8 Å². The molecule has 1 heterocycles. The second kappa shape index (κ2) is 5.17. The van der Waals surface area contributed by atoms with E-state index in [1.165, 1.54) is 16.7 Å². The molecule has 0 saturated carbocycles. The Hall–Kier alpha value is -0.900. The van der Waals surface area contributed by atoms with Gasteiger partial charge in [0.2, 0.25) is 0 Å². The highest BCUT2D eigenvalue weighted by atomic mass is 16.5. The standard InChI is InChI=1S/C14H22N2O/c1-10-5-4-6-11(2)13(10)14-12(9-15)17-8-7-16(14)3/h4-6,12,14H,7-9,15H2,1-3H3. The molecule has 2 rings (SSSR count). The van der Waals surface area contributed by atoms with Crippen molar-refractivity contribution in [2.24, 2.45) is 5.73 Å².